The molecule has 7 nitrogen and oxygen atoms in total. The average molecular weight is 470 g/mol. The van der Waals surface area contributed by atoms with Gasteiger partial charge >= 0.3 is 12.1 Å². The van der Waals surface area contributed by atoms with Gasteiger partial charge in [0.05, 0.1) is 22.6 Å². The molecule has 0 fully saturated rings. The summed E-state index contributed by atoms with van der Waals surface area (Å²) in [6, 6.07) is 8.28. The van der Waals surface area contributed by atoms with Crippen LogP contribution in [0.3, 0.4) is 0 Å². The van der Waals surface area contributed by atoms with E-state index in [1.54, 1.807) is 0 Å². The third kappa shape index (κ3) is 4.72. The van der Waals surface area contributed by atoms with Gasteiger partial charge in [-0.3, -0.25) is 13.9 Å². The third-order valence-corrected chi connectivity index (χ3v) is 7.04. The molecule has 0 aromatic heterocycles. The first-order valence-corrected chi connectivity index (χ1v) is 11.2. The number of rotatable bonds is 7. The average Bonchev–Trinajstić information content (AvgIpc) is 3.15. The van der Waals surface area contributed by atoms with E-state index >= 15 is 0 Å². The number of sulfonamides is 1. The fourth-order valence-corrected chi connectivity index (χ4v) is 5.12. The molecular formula is C21H21F3N2O5S. The summed E-state index contributed by atoms with van der Waals surface area (Å²) < 4.78 is 66.5. The van der Waals surface area contributed by atoms with E-state index in [4.69, 9.17) is 5.11 Å². The first-order valence-electron chi connectivity index (χ1n) is 9.80. The molecule has 1 aliphatic rings. The molecule has 0 bridgehead atoms. The van der Waals surface area contributed by atoms with Crippen molar-refractivity contribution < 1.29 is 36.3 Å². The van der Waals surface area contributed by atoms with Gasteiger partial charge in [0, 0.05) is 25.2 Å². The number of aliphatic carboxylic acids is 1. The van der Waals surface area contributed by atoms with E-state index in [1.807, 2.05) is 0 Å². The largest absolute Gasteiger partial charge is 0.481 e. The van der Waals surface area contributed by atoms with E-state index in [9.17, 15) is 31.2 Å². The van der Waals surface area contributed by atoms with Crippen LogP contribution in [0.2, 0.25) is 0 Å². The van der Waals surface area contributed by atoms with Gasteiger partial charge in [-0.2, -0.15) is 13.2 Å². The Morgan fingerprint density at radius 2 is 1.84 bits per heavy atom. The zero-order chi connectivity index (χ0) is 23.7. The molecule has 0 aliphatic carbocycles. The van der Waals surface area contributed by atoms with Crippen LogP contribution in [0.1, 0.15) is 30.9 Å². The number of halogens is 3. The first-order chi connectivity index (χ1) is 14.9. The maximum Gasteiger partial charge on any atom is 0.416 e. The molecule has 0 atom stereocenters. The lowest BCUT2D eigenvalue weighted by molar-refractivity contribution is -0.138. The lowest BCUT2D eigenvalue weighted by Gasteiger charge is -2.24. The van der Waals surface area contributed by atoms with E-state index in [1.165, 1.54) is 36.1 Å². The molecule has 0 spiro atoms. The number of carbonyl (C=O) groups is 2. The number of nitrogens with zero attached hydrogens (tertiary/aromatic N) is 2. The van der Waals surface area contributed by atoms with Gasteiger partial charge in [-0.25, -0.2) is 8.42 Å². The van der Waals surface area contributed by atoms with E-state index in [0.717, 1.165) is 22.5 Å². The Balaban J connectivity index is 1.91. The lowest BCUT2D eigenvalue weighted by atomic mass is 10.2. The maximum atomic E-state index is 13.2. The van der Waals surface area contributed by atoms with E-state index < -0.39 is 27.7 Å². The van der Waals surface area contributed by atoms with E-state index in [0.29, 0.717) is 24.2 Å². The number of amides is 1. The van der Waals surface area contributed by atoms with Crippen LogP contribution >= 0.6 is 0 Å². The molecule has 0 radical (unpaired) electrons. The molecule has 1 heterocycles. The van der Waals surface area contributed by atoms with Gasteiger partial charge in [0.15, 0.2) is 0 Å². The lowest BCUT2D eigenvalue weighted by Crippen LogP contribution is -2.31. The van der Waals surface area contributed by atoms with E-state index in [2.05, 4.69) is 0 Å². The van der Waals surface area contributed by atoms with Crippen molar-refractivity contribution in [1.29, 1.82) is 0 Å². The van der Waals surface area contributed by atoms with Crippen LogP contribution < -0.4 is 9.21 Å². The second-order valence-corrected chi connectivity index (χ2v) is 9.06. The monoisotopic (exact) mass is 470 g/mol. The van der Waals surface area contributed by atoms with Crippen LogP contribution in [0.5, 0.6) is 0 Å². The first kappa shape index (κ1) is 23.6. The highest BCUT2D eigenvalue weighted by Gasteiger charge is 2.33. The molecule has 0 saturated carbocycles. The van der Waals surface area contributed by atoms with Crippen LogP contribution in [0.4, 0.5) is 24.5 Å². The molecule has 2 aromatic rings. The number of carboxylic acids is 1. The number of carboxylic acid groups (broad SMARTS) is 1. The minimum Gasteiger partial charge on any atom is -0.481 e. The van der Waals surface area contributed by atoms with Gasteiger partial charge in [-0.15, -0.1) is 0 Å². The number of carbonyl (C=O) groups excluding carboxylic acids is 1. The Morgan fingerprint density at radius 1 is 1.12 bits per heavy atom. The minimum atomic E-state index is -4.61. The molecule has 1 aliphatic heterocycles. The van der Waals surface area contributed by atoms with Crippen molar-refractivity contribution >= 4 is 33.3 Å². The minimum absolute atomic E-state index is 0.0828. The molecule has 172 valence electrons. The van der Waals surface area contributed by atoms with Crippen molar-refractivity contribution in [3.63, 3.8) is 0 Å². The topological polar surface area (TPSA) is 95.0 Å². The predicted molar refractivity (Wildman–Crippen MR) is 111 cm³/mol. The van der Waals surface area contributed by atoms with Gasteiger partial charge in [0.1, 0.15) is 0 Å². The molecule has 0 saturated heterocycles. The van der Waals surface area contributed by atoms with Crippen molar-refractivity contribution in [2.24, 2.45) is 0 Å². The summed E-state index contributed by atoms with van der Waals surface area (Å²) in [5, 5.41) is 8.75. The zero-order valence-corrected chi connectivity index (χ0v) is 17.9. The van der Waals surface area contributed by atoms with Gasteiger partial charge in [0.2, 0.25) is 5.91 Å². The van der Waals surface area contributed by atoms with Crippen molar-refractivity contribution in [2.45, 2.75) is 37.3 Å². The number of alkyl halides is 3. The van der Waals surface area contributed by atoms with Gasteiger partial charge < -0.3 is 10.0 Å². The van der Waals surface area contributed by atoms with Crippen LogP contribution in [0.25, 0.3) is 0 Å². The number of benzene rings is 2. The van der Waals surface area contributed by atoms with E-state index in [-0.39, 0.29) is 35.9 Å². The highest BCUT2D eigenvalue weighted by atomic mass is 32.2. The van der Waals surface area contributed by atoms with Gasteiger partial charge in [0.25, 0.3) is 10.0 Å². The Morgan fingerprint density at radius 3 is 2.47 bits per heavy atom. The molecule has 11 heteroatoms. The number of fused-ring (bicyclic) bond motifs is 1. The fourth-order valence-electron chi connectivity index (χ4n) is 3.60. The number of anilines is 2. The summed E-state index contributed by atoms with van der Waals surface area (Å²) in [5.41, 5.74) is 0.0396. The Kier molecular flexibility index (Phi) is 6.49. The highest BCUT2D eigenvalue weighted by molar-refractivity contribution is 7.92. The van der Waals surface area contributed by atoms with Crippen molar-refractivity contribution in [3.8, 4) is 0 Å². The maximum absolute atomic E-state index is 13.2. The predicted octanol–water partition coefficient (Wildman–Crippen LogP) is 3.67. The standard InChI is InChI=1S/C21H21F3N2O5S/c1-2-26(16-5-3-4-15(13-16)21(22,23)24)32(30,31)17-6-7-18-14(12-17)10-11-25(18)19(27)8-9-20(28)29/h3-7,12-13H,2,8-11H2,1H3,(H,28,29). The molecule has 2 aromatic carbocycles. The quantitative estimate of drug-likeness (QED) is 0.666. The molecule has 3 rings (SSSR count). The van der Waals surface area contributed by atoms with Crippen molar-refractivity contribution in [1.82, 2.24) is 0 Å². The molecule has 1 N–H and O–H groups in total. The highest BCUT2D eigenvalue weighted by Crippen LogP contribution is 2.35. The Labute approximate surface area is 183 Å². The summed E-state index contributed by atoms with van der Waals surface area (Å²) in [7, 11) is -4.16. The molecular weight excluding hydrogens is 449 g/mol. The second-order valence-electron chi connectivity index (χ2n) is 7.20. The summed E-state index contributed by atoms with van der Waals surface area (Å²) >= 11 is 0. The molecule has 32 heavy (non-hydrogen) atoms. The summed E-state index contributed by atoms with van der Waals surface area (Å²) in [6.07, 6.45) is -4.70. The Bertz CT molecular complexity index is 1150. The van der Waals surface area contributed by atoms with Gasteiger partial charge in [-0.1, -0.05) is 6.07 Å². The summed E-state index contributed by atoms with van der Waals surface area (Å²) in [5.74, 6) is -1.46. The SMILES string of the molecule is CCN(c1cccc(C(F)(F)F)c1)S(=O)(=O)c1ccc2c(c1)CCN2C(=O)CCC(=O)O. The van der Waals surface area contributed by atoms with Crippen molar-refractivity contribution in [3.05, 3.63) is 53.6 Å². The second kappa shape index (κ2) is 8.81. The fraction of sp³-hybridized carbons (Fsp3) is 0.333. The third-order valence-electron chi connectivity index (χ3n) is 5.14. The summed E-state index contributed by atoms with van der Waals surface area (Å²) in [4.78, 5) is 24.3. The molecule has 1 amide bonds. The number of hydrogen-bond acceptors (Lipinski definition) is 4. The van der Waals surface area contributed by atoms with Gasteiger partial charge in [-0.05, 0) is 55.3 Å². The number of hydrogen-bond donors (Lipinski definition) is 1. The van der Waals surface area contributed by atoms with Crippen LogP contribution in [0, 0.1) is 0 Å². The van der Waals surface area contributed by atoms with Crippen LogP contribution in [-0.2, 0) is 32.2 Å². The van der Waals surface area contributed by atoms with Crippen molar-refractivity contribution in [2.75, 3.05) is 22.3 Å². The molecule has 0 unspecified atom stereocenters. The zero-order valence-electron chi connectivity index (χ0n) is 17.1. The normalized spacial score (nSPS) is 13.7. The Hall–Kier alpha value is -3.08. The summed E-state index contributed by atoms with van der Waals surface area (Å²) in [6.45, 7) is 1.73. The smallest absolute Gasteiger partial charge is 0.416 e. The van der Waals surface area contributed by atoms with Crippen LogP contribution in [0.15, 0.2) is 47.4 Å². The van der Waals surface area contributed by atoms with Crippen LogP contribution in [-0.4, -0.2) is 38.5 Å².